The van der Waals surface area contributed by atoms with Crippen molar-refractivity contribution in [2.24, 2.45) is 10.9 Å². The first kappa shape index (κ1) is 24.3. The maximum Gasteiger partial charge on any atom is 0.251 e. The molecule has 186 valence electrons. The number of benzene rings is 1. The molecule has 1 fully saturated rings. The van der Waals surface area contributed by atoms with E-state index in [-0.39, 0.29) is 30.2 Å². The number of nitrogens with one attached hydrogen (secondary N) is 1. The molecule has 2 aromatic rings. The predicted octanol–water partition coefficient (Wildman–Crippen LogP) is 2.73. The van der Waals surface area contributed by atoms with Gasteiger partial charge in [-0.05, 0) is 48.0 Å². The van der Waals surface area contributed by atoms with E-state index in [1.165, 1.54) is 0 Å². The number of hydrogen-bond donors (Lipinski definition) is 1. The molecule has 3 aliphatic heterocycles. The first-order valence-corrected chi connectivity index (χ1v) is 12.5. The third kappa shape index (κ3) is 5.09. The molecule has 0 saturated carbocycles. The van der Waals surface area contributed by atoms with Crippen LogP contribution in [0.15, 0.2) is 70.4 Å². The molecule has 1 N–H and O–H groups in total. The van der Waals surface area contributed by atoms with Gasteiger partial charge in [-0.3, -0.25) is 14.7 Å². The topological polar surface area (TPSA) is 85.9 Å². The Kier molecular flexibility index (Phi) is 7.23. The zero-order valence-corrected chi connectivity index (χ0v) is 20.9. The highest BCUT2D eigenvalue weighted by molar-refractivity contribution is 6.30. The number of rotatable bonds is 7. The van der Waals surface area contributed by atoms with Gasteiger partial charge in [-0.1, -0.05) is 23.7 Å². The van der Waals surface area contributed by atoms with Crippen molar-refractivity contribution in [3.05, 3.63) is 87.1 Å². The molecule has 4 heterocycles. The fourth-order valence-electron chi connectivity index (χ4n) is 5.00. The number of hydrogen-bond acceptors (Lipinski definition) is 7. The lowest BCUT2D eigenvalue weighted by atomic mass is 9.91. The van der Waals surface area contributed by atoms with E-state index in [0.717, 1.165) is 48.7 Å². The van der Waals surface area contributed by atoms with Gasteiger partial charge in [-0.25, -0.2) is 0 Å². The van der Waals surface area contributed by atoms with Crippen molar-refractivity contribution in [2.45, 2.75) is 12.2 Å². The predicted molar refractivity (Wildman–Crippen MR) is 141 cm³/mol. The summed E-state index contributed by atoms with van der Waals surface area (Å²) in [4.78, 5) is 22.4. The minimum atomic E-state index is -0.279. The molecule has 0 amide bonds. The zero-order chi connectivity index (χ0) is 25.1. The number of halogens is 1. The average molecular weight is 505 g/mol. The molecule has 0 aliphatic carbocycles. The van der Waals surface area contributed by atoms with E-state index in [9.17, 15) is 4.79 Å². The quantitative estimate of drug-likeness (QED) is 0.583. The summed E-state index contributed by atoms with van der Waals surface area (Å²) in [7, 11) is 1.87. The summed E-state index contributed by atoms with van der Waals surface area (Å²) in [5.41, 5.74) is 3.84. The SMILES string of the molecule is CN(CC#N)C[C@H](c1cccc(Cl)c1)n1ccc(C2=CNC3N=CC(N4CCOCC4)=CC23)cc1=O. The van der Waals surface area contributed by atoms with Gasteiger partial charge < -0.3 is 19.5 Å². The summed E-state index contributed by atoms with van der Waals surface area (Å²) in [5.74, 6) is 0.0496. The number of nitriles is 1. The van der Waals surface area contributed by atoms with E-state index in [1.54, 1.807) is 10.6 Å². The van der Waals surface area contributed by atoms with Crippen LogP contribution in [0.2, 0.25) is 5.02 Å². The third-order valence-electron chi connectivity index (χ3n) is 6.88. The van der Waals surface area contributed by atoms with Crippen molar-refractivity contribution >= 4 is 23.4 Å². The molecule has 0 bridgehead atoms. The molecule has 3 atom stereocenters. The molecule has 1 saturated heterocycles. The van der Waals surface area contributed by atoms with Crippen LogP contribution in [0.4, 0.5) is 0 Å². The highest BCUT2D eigenvalue weighted by Gasteiger charge is 2.32. The van der Waals surface area contributed by atoms with Crippen molar-refractivity contribution in [3.8, 4) is 6.07 Å². The lowest BCUT2D eigenvalue weighted by Gasteiger charge is -2.32. The second kappa shape index (κ2) is 10.7. The molecule has 1 aromatic heterocycles. The molecule has 9 heteroatoms. The lowest BCUT2D eigenvalue weighted by molar-refractivity contribution is 0.0562. The number of allylic oxidation sites excluding steroid dienone is 1. The van der Waals surface area contributed by atoms with Crippen LogP contribution < -0.4 is 10.9 Å². The average Bonchev–Trinajstić information content (AvgIpc) is 3.31. The van der Waals surface area contributed by atoms with Crippen LogP contribution >= 0.6 is 11.6 Å². The van der Waals surface area contributed by atoms with Crippen LogP contribution in [0, 0.1) is 17.2 Å². The number of likely N-dealkylation sites (N-methyl/N-ethyl adjacent to an activating group) is 1. The van der Waals surface area contributed by atoms with Gasteiger partial charge in [0.2, 0.25) is 0 Å². The maximum absolute atomic E-state index is 13.4. The number of dihydropyridines is 1. The minimum absolute atomic E-state index is 0.0496. The molecular formula is C27H29ClN6O2. The highest BCUT2D eigenvalue weighted by Crippen LogP contribution is 2.34. The fourth-order valence-corrected chi connectivity index (χ4v) is 5.20. The van der Waals surface area contributed by atoms with Crippen LogP contribution in [0.3, 0.4) is 0 Å². The smallest absolute Gasteiger partial charge is 0.251 e. The van der Waals surface area contributed by atoms with E-state index in [1.807, 2.05) is 60.9 Å². The molecule has 2 unspecified atom stereocenters. The summed E-state index contributed by atoms with van der Waals surface area (Å²) < 4.78 is 7.21. The van der Waals surface area contributed by atoms with Crippen molar-refractivity contribution in [1.29, 1.82) is 5.26 Å². The van der Waals surface area contributed by atoms with Crippen molar-refractivity contribution < 1.29 is 4.74 Å². The second-order valence-corrected chi connectivity index (χ2v) is 9.73. The number of morpholine rings is 1. The standard InChI is InChI=1S/C27H29ClN6O2/c1-32(8-6-29)18-25(20-3-2-4-21(28)13-20)34-7-5-19(14-26(34)35)24-17-31-27-23(24)15-22(16-30-27)33-9-11-36-12-10-33/h2-5,7,13-17,23,25,27,31H,8-12,18H2,1H3/t23?,25-,27?/m1/s1. The number of pyridine rings is 1. The number of ether oxygens (including phenoxy) is 1. The third-order valence-corrected chi connectivity index (χ3v) is 7.11. The Morgan fingerprint density at radius 3 is 2.89 bits per heavy atom. The first-order chi connectivity index (χ1) is 17.5. The largest absolute Gasteiger partial charge is 0.378 e. The number of aromatic nitrogens is 1. The van der Waals surface area contributed by atoms with Crippen LogP contribution in [-0.2, 0) is 4.74 Å². The Bertz CT molecular complexity index is 1300. The van der Waals surface area contributed by atoms with Gasteiger partial charge in [-0.2, -0.15) is 5.26 Å². The normalized spacial score (nSPS) is 21.9. The molecular weight excluding hydrogens is 476 g/mol. The molecule has 0 spiro atoms. The van der Waals surface area contributed by atoms with Gasteiger partial charge in [0.25, 0.3) is 5.56 Å². The Morgan fingerprint density at radius 1 is 1.31 bits per heavy atom. The van der Waals surface area contributed by atoms with Crippen LogP contribution in [-0.4, -0.2) is 73.2 Å². The number of aliphatic imine (C=N–C) groups is 1. The van der Waals surface area contributed by atoms with Gasteiger partial charge in [0.15, 0.2) is 0 Å². The van der Waals surface area contributed by atoms with E-state index in [2.05, 4.69) is 22.4 Å². The summed E-state index contributed by atoms with van der Waals surface area (Å²) >= 11 is 6.26. The van der Waals surface area contributed by atoms with Gasteiger partial charge in [0.1, 0.15) is 6.17 Å². The number of fused-ring (bicyclic) bond motifs is 1. The first-order valence-electron chi connectivity index (χ1n) is 12.1. The summed E-state index contributed by atoms with van der Waals surface area (Å²) in [5, 5.41) is 13.1. The molecule has 5 rings (SSSR count). The van der Waals surface area contributed by atoms with Gasteiger partial charge in [-0.15, -0.1) is 0 Å². The summed E-state index contributed by atoms with van der Waals surface area (Å²) in [6.45, 7) is 3.91. The monoisotopic (exact) mass is 504 g/mol. The molecule has 8 nitrogen and oxygen atoms in total. The van der Waals surface area contributed by atoms with Gasteiger partial charge in [0, 0.05) is 55.3 Å². The Balaban J connectivity index is 1.43. The summed E-state index contributed by atoms with van der Waals surface area (Å²) in [6, 6.07) is 13.1. The van der Waals surface area contributed by atoms with E-state index < -0.39 is 0 Å². The molecule has 3 aliphatic rings. The van der Waals surface area contributed by atoms with Crippen molar-refractivity contribution in [1.82, 2.24) is 19.7 Å². The second-order valence-electron chi connectivity index (χ2n) is 9.29. The Morgan fingerprint density at radius 2 is 2.14 bits per heavy atom. The molecule has 36 heavy (non-hydrogen) atoms. The zero-order valence-electron chi connectivity index (χ0n) is 20.2. The van der Waals surface area contributed by atoms with Crippen LogP contribution in [0.1, 0.15) is 17.2 Å². The summed E-state index contributed by atoms with van der Waals surface area (Å²) in [6.07, 6.45) is 7.93. The van der Waals surface area contributed by atoms with Crippen molar-refractivity contribution in [3.63, 3.8) is 0 Å². The van der Waals surface area contributed by atoms with Gasteiger partial charge >= 0.3 is 0 Å². The highest BCUT2D eigenvalue weighted by atomic mass is 35.5. The fraction of sp³-hybridized carbons (Fsp3) is 0.370. The Hall–Kier alpha value is -3.38. The van der Waals surface area contributed by atoms with E-state index in [4.69, 9.17) is 26.6 Å². The minimum Gasteiger partial charge on any atom is -0.378 e. The molecule has 1 aromatic carbocycles. The van der Waals surface area contributed by atoms with Crippen molar-refractivity contribution in [2.75, 3.05) is 46.4 Å². The molecule has 0 radical (unpaired) electrons. The lowest BCUT2D eigenvalue weighted by Crippen LogP contribution is -2.38. The van der Waals surface area contributed by atoms with E-state index in [0.29, 0.717) is 11.6 Å². The Labute approximate surface area is 215 Å². The van der Waals surface area contributed by atoms with Crippen LogP contribution in [0.5, 0.6) is 0 Å². The van der Waals surface area contributed by atoms with E-state index >= 15 is 0 Å². The maximum atomic E-state index is 13.4. The van der Waals surface area contributed by atoms with Crippen LogP contribution in [0.25, 0.3) is 5.57 Å². The van der Waals surface area contributed by atoms with Gasteiger partial charge in [0.05, 0.1) is 37.6 Å². The number of nitrogens with zero attached hydrogens (tertiary/aromatic N) is 5.